The van der Waals surface area contributed by atoms with E-state index in [1.54, 1.807) is 18.2 Å². The van der Waals surface area contributed by atoms with Gasteiger partial charge in [-0.3, -0.25) is 0 Å². The monoisotopic (exact) mass is 351 g/mol. The maximum absolute atomic E-state index is 6.30. The first-order valence-electron chi connectivity index (χ1n) is 7.72. The molecule has 0 atom stereocenters. The molecule has 1 aromatic carbocycles. The summed E-state index contributed by atoms with van der Waals surface area (Å²) in [5, 5.41) is 4.31. The molecule has 0 saturated carbocycles. The molecule has 23 heavy (non-hydrogen) atoms. The van der Waals surface area contributed by atoms with E-state index < -0.39 is 0 Å². The maximum atomic E-state index is 6.30. The summed E-state index contributed by atoms with van der Waals surface area (Å²) in [4.78, 5) is 10.9. The summed E-state index contributed by atoms with van der Waals surface area (Å²) < 4.78 is 0. The fraction of sp³-hybridized carbons (Fsp3) is 0.375. The van der Waals surface area contributed by atoms with Gasteiger partial charge in [0.05, 0.1) is 10.7 Å². The van der Waals surface area contributed by atoms with E-state index in [0.717, 1.165) is 31.7 Å². The SMILES string of the molecule is Nc1c(Nc2cc(Cl)ccc2Cl)ncnc1N1CCCCCC1. The molecule has 3 N–H and O–H groups in total. The second kappa shape index (κ2) is 7.23. The molecule has 1 aliphatic rings. The molecule has 2 aromatic rings. The fourth-order valence-electron chi connectivity index (χ4n) is 2.74. The molecule has 0 unspecified atom stereocenters. The largest absolute Gasteiger partial charge is 0.393 e. The zero-order valence-electron chi connectivity index (χ0n) is 12.7. The minimum Gasteiger partial charge on any atom is -0.393 e. The van der Waals surface area contributed by atoms with Gasteiger partial charge in [0.25, 0.3) is 0 Å². The Morgan fingerprint density at radius 3 is 2.52 bits per heavy atom. The van der Waals surface area contributed by atoms with Crippen molar-refractivity contribution in [3.05, 3.63) is 34.6 Å². The first-order valence-corrected chi connectivity index (χ1v) is 8.48. The van der Waals surface area contributed by atoms with Crippen LogP contribution in [-0.4, -0.2) is 23.1 Å². The van der Waals surface area contributed by atoms with E-state index in [9.17, 15) is 0 Å². The van der Waals surface area contributed by atoms with Gasteiger partial charge in [0.1, 0.15) is 12.0 Å². The van der Waals surface area contributed by atoms with E-state index in [4.69, 9.17) is 28.9 Å². The molecule has 0 amide bonds. The number of rotatable bonds is 3. The fourth-order valence-corrected chi connectivity index (χ4v) is 3.08. The molecule has 7 heteroatoms. The second-order valence-corrected chi connectivity index (χ2v) is 6.45. The highest BCUT2D eigenvalue weighted by atomic mass is 35.5. The number of aromatic nitrogens is 2. The van der Waals surface area contributed by atoms with Gasteiger partial charge in [0.15, 0.2) is 11.6 Å². The lowest BCUT2D eigenvalue weighted by Crippen LogP contribution is -2.26. The molecule has 1 aliphatic heterocycles. The maximum Gasteiger partial charge on any atom is 0.159 e. The highest BCUT2D eigenvalue weighted by Gasteiger charge is 2.17. The minimum atomic E-state index is 0.533. The van der Waals surface area contributed by atoms with Crippen LogP contribution in [0.4, 0.5) is 23.0 Å². The number of benzene rings is 1. The summed E-state index contributed by atoms with van der Waals surface area (Å²) in [6, 6.07) is 5.22. The Hall–Kier alpha value is -1.72. The van der Waals surface area contributed by atoms with E-state index in [2.05, 4.69) is 20.2 Å². The van der Waals surface area contributed by atoms with Gasteiger partial charge in [-0.1, -0.05) is 36.0 Å². The number of nitrogens with zero attached hydrogens (tertiary/aromatic N) is 3. The van der Waals surface area contributed by atoms with Crippen LogP contribution >= 0.6 is 23.2 Å². The molecular weight excluding hydrogens is 333 g/mol. The molecule has 3 rings (SSSR count). The minimum absolute atomic E-state index is 0.533. The van der Waals surface area contributed by atoms with E-state index in [1.807, 2.05) is 0 Å². The van der Waals surface area contributed by atoms with Crippen LogP contribution in [0.15, 0.2) is 24.5 Å². The first-order chi connectivity index (χ1) is 11.1. The van der Waals surface area contributed by atoms with E-state index >= 15 is 0 Å². The Balaban J connectivity index is 1.88. The van der Waals surface area contributed by atoms with E-state index in [-0.39, 0.29) is 0 Å². The van der Waals surface area contributed by atoms with Gasteiger partial charge in [0.2, 0.25) is 0 Å². The molecule has 2 heterocycles. The quantitative estimate of drug-likeness (QED) is 0.852. The molecule has 0 radical (unpaired) electrons. The van der Waals surface area contributed by atoms with Crippen LogP contribution in [0.1, 0.15) is 25.7 Å². The summed E-state index contributed by atoms with van der Waals surface area (Å²) in [6.45, 7) is 1.94. The average molecular weight is 352 g/mol. The number of halogens is 2. The Morgan fingerprint density at radius 1 is 1.04 bits per heavy atom. The summed E-state index contributed by atoms with van der Waals surface area (Å²) in [7, 11) is 0. The lowest BCUT2D eigenvalue weighted by Gasteiger charge is -2.23. The molecule has 0 spiro atoms. The molecule has 1 fully saturated rings. The predicted octanol–water partition coefficient (Wildman–Crippen LogP) is 4.49. The summed E-state index contributed by atoms with van der Waals surface area (Å²) in [5.41, 5.74) is 7.50. The van der Waals surface area contributed by atoms with Crippen molar-refractivity contribution in [1.29, 1.82) is 0 Å². The molecule has 122 valence electrons. The molecular formula is C16H19Cl2N5. The van der Waals surface area contributed by atoms with Crippen molar-refractivity contribution in [3.63, 3.8) is 0 Å². The predicted molar refractivity (Wildman–Crippen MR) is 96.9 cm³/mol. The van der Waals surface area contributed by atoms with Crippen LogP contribution in [0.2, 0.25) is 10.0 Å². The van der Waals surface area contributed by atoms with Gasteiger partial charge >= 0.3 is 0 Å². The summed E-state index contributed by atoms with van der Waals surface area (Å²) in [5.74, 6) is 1.32. The van der Waals surface area contributed by atoms with Gasteiger partial charge in [-0.15, -0.1) is 0 Å². The number of nitrogen functional groups attached to an aromatic ring is 1. The van der Waals surface area contributed by atoms with Crippen molar-refractivity contribution >= 4 is 46.2 Å². The number of nitrogens with one attached hydrogen (secondary N) is 1. The van der Waals surface area contributed by atoms with Crippen molar-refractivity contribution < 1.29 is 0 Å². The van der Waals surface area contributed by atoms with Gasteiger partial charge < -0.3 is 16.0 Å². The number of hydrogen-bond donors (Lipinski definition) is 2. The van der Waals surface area contributed by atoms with Crippen LogP contribution in [0.3, 0.4) is 0 Å². The molecule has 5 nitrogen and oxygen atoms in total. The van der Waals surface area contributed by atoms with Crippen LogP contribution in [0, 0.1) is 0 Å². The van der Waals surface area contributed by atoms with Crippen LogP contribution in [0.5, 0.6) is 0 Å². The van der Waals surface area contributed by atoms with Crippen molar-refractivity contribution in [1.82, 2.24) is 9.97 Å². The standard InChI is InChI=1S/C16H19Cl2N5/c17-11-5-6-12(18)13(9-11)22-15-14(19)16(21-10-20-15)23-7-3-1-2-4-8-23/h5-6,9-10H,1-4,7-8,19H2,(H,20,21,22). The van der Waals surface area contributed by atoms with Crippen LogP contribution in [0.25, 0.3) is 0 Å². The topological polar surface area (TPSA) is 67.1 Å². The highest BCUT2D eigenvalue weighted by Crippen LogP contribution is 2.33. The molecule has 1 saturated heterocycles. The Bertz CT molecular complexity index is 684. The third kappa shape index (κ3) is 3.79. The Labute approximate surface area is 145 Å². The zero-order valence-corrected chi connectivity index (χ0v) is 14.2. The smallest absolute Gasteiger partial charge is 0.159 e. The molecule has 0 bridgehead atoms. The highest BCUT2D eigenvalue weighted by molar-refractivity contribution is 6.35. The van der Waals surface area contributed by atoms with E-state index in [1.165, 1.54) is 19.2 Å². The average Bonchev–Trinajstić information content (AvgIpc) is 2.82. The van der Waals surface area contributed by atoms with Crippen LogP contribution < -0.4 is 16.0 Å². The second-order valence-electron chi connectivity index (χ2n) is 5.61. The molecule has 0 aliphatic carbocycles. The van der Waals surface area contributed by atoms with Crippen molar-refractivity contribution in [2.24, 2.45) is 0 Å². The van der Waals surface area contributed by atoms with Gasteiger partial charge in [0, 0.05) is 18.1 Å². The first kappa shape index (κ1) is 16.1. The number of nitrogens with two attached hydrogens (primary N) is 1. The lowest BCUT2D eigenvalue weighted by atomic mass is 10.2. The van der Waals surface area contributed by atoms with Crippen molar-refractivity contribution in [3.8, 4) is 0 Å². The summed E-state index contributed by atoms with van der Waals surface area (Å²) in [6.07, 6.45) is 6.35. The summed E-state index contributed by atoms with van der Waals surface area (Å²) >= 11 is 12.2. The Kier molecular flexibility index (Phi) is 5.08. The third-order valence-corrected chi connectivity index (χ3v) is 4.51. The van der Waals surface area contributed by atoms with Crippen molar-refractivity contribution in [2.75, 3.05) is 29.0 Å². The number of hydrogen-bond acceptors (Lipinski definition) is 5. The number of anilines is 4. The third-order valence-electron chi connectivity index (χ3n) is 3.95. The van der Waals surface area contributed by atoms with Gasteiger partial charge in [-0.25, -0.2) is 9.97 Å². The van der Waals surface area contributed by atoms with Crippen molar-refractivity contribution in [2.45, 2.75) is 25.7 Å². The van der Waals surface area contributed by atoms with E-state index in [0.29, 0.717) is 27.2 Å². The lowest BCUT2D eigenvalue weighted by molar-refractivity contribution is 0.726. The Morgan fingerprint density at radius 2 is 1.78 bits per heavy atom. The molecule has 1 aromatic heterocycles. The zero-order chi connectivity index (χ0) is 16.2. The normalized spacial score (nSPS) is 15.3. The van der Waals surface area contributed by atoms with Gasteiger partial charge in [-0.2, -0.15) is 0 Å². The van der Waals surface area contributed by atoms with Gasteiger partial charge in [-0.05, 0) is 31.0 Å². The van der Waals surface area contributed by atoms with Crippen LogP contribution in [-0.2, 0) is 0 Å².